The van der Waals surface area contributed by atoms with Gasteiger partial charge >= 0.3 is 0 Å². The molecule has 0 radical (unpaired) electrons. The van der Waals surface area contributed by atoms with Crippen LogP contribution in [0.2, 0.25) is 19.6 Å². The zero-order valence-corrected chi connectivity index (χ0v) is 10.3. The highest BCUT2D eigenvalue weighted by Gasteiger charge is 2.06. The molecular weight excluding hydrogens is 172 g/mol. The average molecular weight is 194 g/mol. The molecule has 0 bridgehead atoms. The first-order chi connectivity index (χ1) is 6.08. The minimum Gasteiger partial charge on any atom is -0.0950 e. The summed E-state index contributed by atoms with van der Waals surface area (Å²) in [6.45, 7) is 7.13. The topological polar surface area (TPSA) is 0 Å². The molecule has 1 fully saturated rings. The van der Waals surface area contributed by atoms with E-state index in [4.69, 9.17) is 0 Å². The molecule has 0 unspecified atom stereocenters. The predicted molar refractivity (Wildman–Crippen MR) is 63.7 cm³/mol. The summed E-state index contributed by atoms with van der Waals surface area (Å²) >= 11 is 0. The van der Waals surface area contributed by atoms with Crippen molar-refractivity contribution in [2.24, 2.45) is 0 Å². The summed E-state index contributed by atoms with van der Waals surface area (Å²) < 4.78 is 0. The van der Waals surface area contributed by atoms with E-state index in [1.807, 2.05) is 0 Å². The van der Waals surface area contributed by atoms with Gasteiger partial charge in [0.05, 0.1) is 8.07 Å². The summed E-state index contributed by atoms with van der Waals surface area (Å²) in [6, 6.07) is 0. The Morgan fingerprint density at radius 2 is 1.62 bits per heavy atom. The van der Waals surface area contributed by atoms with E-state index in [2.05, 4.69) is 37.5 Å². The maximum atomic E-state index is 2.43. The maximum absolute atomic E-state index is 2.43. The molecule has 1 saturated carbocycles. The van der Waals surface area contributed by atoms with Crippen LogP contribution in [0.3, 0.4) is 0 Å². The Bertz CT molecular complexity index is 198. The quantitative estimate of drug-likeness (QED) is 0.575. The second-order valence-electron chi connectivity index (χ2n) is 5.11. The van der Waals surface area contributed by atoms with Gasteiger partial charge in [-0.2, -0.15) is 0 Å². The van der Waals surface area contributed by atoms with Crippen molar-refractivity contribution in [1.29, 1.82) is 0 Å². The number of hydrogen-bond acceptors (Lipinski definition) is 0. The first-order valence-corrected chi connectivity index (χ1v) is 9.03. The normalized spacial score (nSPS) is 19.5. The molecule has 1 rings (SSSR count). The third kappa shape index (κ3) is 5.09. The smallest absolute Gasteiger partial charge is 0.0687 e. The summed E-state index contributed by atoms with van der Waals surface area (Å²) in [5.41, 5.74) is 4.09. The molecule has 0 amide bonds. The predicted octanol–water partition coefficient (Wildman–Crippen LogP) is 4.31. The molecule has 1 heteroatoms. The van der Waals surface area contributed by atoms with Gasteiger partial charge in [-0.15, -0.1) is 0 Å². The van der Waals surface area contributed by atoms with Crippen LogP contribution in [0.1, 0.15) is 32.1 Å². The van der Waals surface area contributed by atoms with Crippen LogP contribution in [0.5, 0.6) is 0 Å². The Morgan fingerprint density at radius 3 is 2.15 bits per heavy atom. The number of rotatable bonds is 2. The largest absolute Gasteiger partial charge is 0.0950 e. The second-order valence-corrected chi connectivity index (χ2v) is 10.2. The van der Waals surface area contributed by atoms with Crippen molar-refractivity contribution in [3.63, 3.8) is 0 Å². The van der Waals surface area contributed by atoms with Crippen molar-refractivity contribution >= 4 is 8.07 Å². The van der Waals surface area contributed by atoms with Gasteiger partial charge in [0.25, 0.3) is 0 Å². The van der Waals surface area contributed by atoms with Crippen molar-refractivity contribution in [2.75, 3.05) is 0 Å². The van der Waals surface area contributed by atoms with Gasteiger partial charge in [0.15, 0.2) is 0 Å². The van der Waals surface area contributed by atoms with Gasteiger partial charge in [-0.25, -0.2) is 0 Å². The van der Waals surface area contributed by atoms with Crippen LogP contribution in [0, 0.1) is 0 Å². The Morgan fingerprint density at radius 1 is 1.00 bits per heavy atom. The van der Waals surface area contributed by atoms with Crippen LogP contribution in [-0.2, 0) is 0 Å². The highest BCUT2D eigenvalue weighted by molar-refractivity contribution is 6.80. The fourth-order valence-electron chi connectivity index (χ4n) is 1.65. The van der Waals surface area contributed by atoms with Gasteiger partial charge in [0, 0.05) is 0 Å². The van der Waals surface area contributed by atoms with Crippen molar-refractivity contribution < 1.29 is 0 Å². The van der Waals surface area contributed by atoms with Crippen molar-refractivity contribution in [1.82, 2.24) is 0 Å². The Balaban J connectivity index is 2.42. The van der Waals surface area contributed by atoms with Gasteiger partial charge in [-0.05, 0) is 25.7 Å². The third-order valence-electron chi connectivity index (χ3n) is 2.42. The molecule has 0 nitrogen and oxygen atoms in total. The summed E-state index contributed by atoms with van der Waals surface area (Å²) in [6.07, 6.45) is 11.6. The van der Waals surface area contributed by atoms with Crippen LogP contribution >= 0.6 is 0 Å². The summed E-state index contributed by atoms with van der Waals surface area (Å²) in [5.74, 6) is 0. The Kier molecular flexibility index (Phi) is 3.98. The monoisotopic (exact) mass is 194 g/mol. The van der Waals surface area contributed by atoms with E-state index in [0.717, 1.165) is 0 Å². The third-order valence-corrected chi connectivity index (χ3v) is 3.62. The zero-order chi connectivity index (χ0) is 9.73. The molecule has 0 heterocycles. The minimum atomic E-state index is -0.967. The molecule has 74 valence electrons. The van der Waals surface area contributed by atoms with Crippen LogP contribution in [-0.4, -0.2) is 8.07 Å². The second kappa shape index (κ2) is 4.80. The van der Waals surface area contributed by atoms with Crippen molar-refractivity contribution in [2.45, 2.75) is 51.7 Å². The van der Waals surface area contributed by atoms with Crippen LogP contribution in [0.4, 0.5) is 0 Å². The molecule has 1 aliphatic carbocycles. The van der Waals surface area contributed by atoms with Gasteiger partial charge in [-0.3, -0.25) is 0 Å². The lowest BCUT2D eigenvalue weighted by Crippen LogP contribution is -2.15. The molecule has 1 aliphatic rings. The highest BCUT2D eigenvalue weighted by Crippen LogP contribution is 2.22. The van der Waals surface area contributed by atoms with Crippen molar-refractivity contribution in [3.8, 4) is 0 Å². The Hall–Kier alpha value is -0.303. The fraction of sp³-hybridized carbons (Fsp3) is 0.667. The molecule has 0 spiro atoms. The standard InChI is InChI=1S/C12H22Si/c1-13(2,3)11-7-10-12-8-5-4-6-9-12/h7,10-11H,4-6,8-9H2,1-3H3/b11-7+. The molecule has 0 aliphatic heterocycles. The van der Waals surface area contributed by atoms with Gasteiger partial charge in [-0.1, -0.05) is 49.5 Å². The Labute approximate surface area is 83.7 Å². The lowest BCUT2D eigenvalue weighted by atomic mass is 9.95. The lowest BCUT2D eigenvalue weighted by Gasteiger charge is -2.13. The SMILES string of the molecule is C[Si](C)(C)/C=C/C=C1CCCCC1. The van der Waals surface area contributed by atoms with Gasteiger partial charge in [0.1, 0.15) is 0 Å². The number of allylic oxidation sites excluding steroid dienone is 3. The zero-order valence-electron chi connectivity index (χ0n) is 9.27. The molecule has 0 aromatic carbocycles. The maximum Gasteiger partial charge on any atom is 0.0687 e. The summed E-state index contributed by atoms with van der Waals surface area (Å²) in [5, 5.41) is 0. The van der Waals surface area contributed by atoms with E-state index in [9.17, 15) is 0 Å². The summed E-state index contributed by atoms with van der Waals surface area (Å²) in [4.78, 5) is 0. The van der Waals surface area contributed by atoms with Gasteiger partial charge < -0.3 is 0 Å². The van der Waals surface area contributed by atoms with E-state index in [0.29, 0.717) is 0 Å². The van der Waals surface area contributed by atoms with Crippen molar-refractivity contribution in [3.05, 3.63) is 23.4 Å². The van der Waals surface area contributed by atoms with E-state index < -0.39 is 8.07 Å². The average Bonchev–Trinajstić information content (AvgIpc) is 2.04. The first-order valence-electron chi connectivity index (χ1n) is 5.45. The molecule has 0 atom stereocenters. The van der Waals surface area contributed by atoms with E-state index in [1.165, 1.54) is 32.1 Å². The molecular formula is C12H22Si. The van der Waals surface area contributed by atoms with E-state index in [-0.39, 0.29) is 0 Å². The highest BCUT2D eigenvalue weighted by atomic mass is 28.3. The lowest BCUT2D eigenvalue weighted by molar-refractivity contribution is 0.599. The van der Waals surface area contributed by atoms with E-state index in [1.54, 1.807) is 5.57 Å². The molecule has 0 saturated heterocycles. The van der Waals surface area contributed by atoms with Crippen LogP contribution in [0.25, 0.3) is 0 Å². The fourth-order valence-corrected chi connectivity index (χ4v) is 2.32. The molecule has 0 aromatic heterocycles. The summed E-state index contributed by atoms with van der Waals surface area (Å²) in [7, 11) is -0.967. The molecule has 0 aromatic rings. The van der Waals surface area contributed by atoms with Crippen LogP contribution in [0.15, 0.2) is 23.4 Å². The van der Waals surface area contributed by atoms with E-state index >= 15 is 0 Å². The van der Waals surface area contributed by atoms with Gasteiger partial charge in [0.2, 0.25) is 0 Å². The molecule has 0 N–H and O–H groups in total. The number of hydrogen-bond donors (Lipinski definition) is 0. The first kappa shape index (κ1) is 10.8. The minimum absolute atomic E-state index is 0.967. The van der Waals surface area contributed by atoms with Crippen LogP contribution < -0.4 is 0 Å². The molecule has 13 heavy (non-hydrogen) atoms.